The Kier molecular flexibility index (Phi) is 3.48. The maximum atomic E-state index is 5.46. The highest BCUT2D eigenvalue weighted by atomic mass is 32.1. The summed E-state index contributed by atoms with van der Waals surface area (Å²) in [5, 5.41) is 0.909. The third-order valence-electron chi connectivity index (χ3n) is 2.22. The zero-order valence-corrected chi connectivity index (χ0v) is 9.14. The van der Waals surface area contributed by atoms with Gasteiger partial charge in [-0.15, -0.1) is 0 Å². The van der Waals surface area contributed by atoms with E-state index in [1.807, 2.05) is 7.05 Å². The van der Waals surface area contributed by atoms with Crippen molar-refractivity contribution in [3.63, 3.8) is 0 Å². The number of nitrogens with zero attached hydrogens (tertiary/aromatic N) is 3. The molecule has 0 bridgehead atoms. The summed E-state index contributed by atoms with van der Waals surface area (Å²) >= 11 is 1.36. The smallest absolute Gasteiger partial charge is 0.233 e. The molecule has 1 aromatic heterocycles. The first kappa shape index (κ1) is 10.2. The maximum absolute atomic E-state index is 5.46. The SMILES string of the molecule is CCC(CC)N(C)c1nc(N)ns1. The summed E-state index contributed by atoms with van der Waals surface area (Å²) in [4.78, 5) is 6.29. The quantitative estimate of drug-likeness (QED) is 0.804. The van der Waals surface area contributed by atoms with Gasteiger partial charge in [-0.1, -0.05) is 13.8 Å². The Labute approximate surface area is 82.9 Å². The lowest BCUT2D eigenvalue weighted by molar-refractivity contribution is 0.591. The lowest BCUT2D eigenvalue weighted by Crippen LogP contribution is -2.30. The number of anilines is 2. The summed E-state index contributed by atoms with van der Waals surface area (Å²) in [6.07, 6.45) is 2.24. The van der Waals surface area contributed by atoms with Crippen molar-refractivity contribution in [1.29, 1.82) is 0 Å². The van der Waals surface area contributed by atoms with Crippen LogP contribution in [0.15, 0.2) is 0 Å². The Morgan fingerprint density at radius 2 is 2.08 bits per heavy atom. The van der Waals surface area contributed by atoms with Crippen LogP contribution < -0.4 is 10.6 Å². The van der Waals surface area contributed by atoms with E-state index in [0.29, 0.717) is 12.0 Å². The summed E-state index contributed by atoms with van der Waals surface area (Å²) < 4.78 is 3.96. The average Bonchev–Trinajstić information content (AvgIpc) is 2.54. The molecule has 0 fully saturated rings. The summed E-state index contributed by atoms with van der Waals surface area (Å²) in [6.45, 7) is 4.35. The number of aromatic nitrogens is 2. The van der Waals surface area contributed by atoms with Gasteiger partial charge in [-0.05, 0) is 12.8 Å². The van der Waals surface area contributed by atoms with Gasteiger partial charge >= 0.3 is 0 Å². The highest BCUT2D eigenvalue weighted by Gasteiger charge is 2.14. The molecule has 2 N–H and O–H groups in total. The standard InChI is InChI=1S/C8H16N4S/c1-4-6(5-2)12(3)8-10-7(9)11-13-8/h6H,4-5H2,1-3H3,(H2,9,11). The van der Waals surface area contributed by atoms with E-state index in [9.17, 15) is 0 Å². The largest absolute Gasteiger partial charge is 0.367 e. The second-order valence-electron chi connectivity index (χ2n) is 3.02. The van der Waals surface area contributed by atoms with E-state index in [4.69, 9.17) is 5.73 Å². The minimum absolute atomic E-state index is 0.373. The molecule has 1 heterocycles. The van der Waals surface area contributed by atoms with E-state index in [1.54, 1.807) is 0 Å². The van der Waals surface area contributed by atoms with Crippen molar-refractivity contribution < 1.29 is 0 Å². The average molecular weight is 200 g/mol. The molecule has 0 atom stereocenters. The van der Waals surface area contributed by atoms with Crippen LogP contribution in [0.25, 0.3) is 0 Å². The van der Waals surface area contributed by atoms with Gasteiger partial charge in [-0.2, -0.15) is 9.36 Å². The molecule has 1 rings (SSSR count). The van der Waals surface area contributed by atoms with E-state index >= 15 is 0 Å². The van der Waals surface area contributed by atoms with Crippen molar-refractivity contribution in [2.24, 2.45) is 0 Å². The van der Waals surface area contributed by atoms with E-state index < -0.39 is 0 Å². The number of hydrogen-bond acceptors (Lipinski definition) is 5. The molecule has 0 aromatic carbocycles. The predicted octanol–water partition coefficient (Wildman–Crippen LogP) is 1.75. The molecule has 74 valence electrons. The first-order valence-corrected chi connectivity index (χ1v) is 5.28. The van der Waals surface area contributed by atoms with Crippen molar-refractivity contribution in [3.8, 4) is 0 Å². The number of nitrogen functional groups attached to an aromatic ring is 1. The van der Waals surface area contributed by atoms with Crippen LogP contribution in [0.2, 0.25) is 0 Å². The molecule has 1 aromatic rings. The molecule has 13 heavy (non-hydrogen) atoms. The van der Waals surface area contributed by atoms with Gasteiger partial charge in [0, 0.05) is 24.6 Å². The fourth-order valence-corrected chi connectivity index (χ4v) is 1.99. The van der Waals surface area contributed by atoms with Gasteiger partial charge in [0.05, 0.1) is 0 Å². The Hall–Kier alpha value is -0.840. The van der Waals surface area contributed by atoms with Gasteiger partial charge in [0.2, 0.25) is 11.1 Å². The number of hydrogen-bond donors (Lipinski definition) is 1. The van der Waals surface area contributed by atoms with Crippen LogP contribution in [0.3, 0.4) is 0 Å². The topological polar surface area (TPSA) is 55.0 Å². The van der Waals surface area contributed by atoms with Crippen molar-refractivity contribution in [2.75, 3.05) is 17.7 Å². The molecular weight excluding hydrogens is 184 g/mol. The molecule has 0 aliphatic carbocycles. The molecule has 0 saturated carbocycles. The van der Waals surface area contributed by atoms with Crippen molar-refractivity contribution >= 4 is 22.6 Å². The maximum Gasteiger partial charge on any atom is 0.233 e. The van der Waals surface area contributed by atoms with Gasteiger partial charge in [0.1, 0.15) is 0 Å². The van der Waals surface area contributed by atoms with Crippen LogP contribution in [-0.2, 0) is 0 Å². The molecule has 0 unspecified atom stereocenters. The molecule has 0 saturated heterocycles. The summed E-state index contributed by atoms with van der Waals surface area (Å²) in [5.74, 6) is 0.373. The number of rotatable bonds is 4. The van der Waals surface area contributed by atoms with Crippen LogP contribution in [-0.4, -0.2) is 22.4 Å². The van der Waals surface area contributed by atoms with Crippen LogP contribution in [0.1, 0.15) is 26.7 Å². The van der Waals surface area contributed by atoms with E-state index in [-0.39, 0.29) is 0 Å². The monoisotopic (exact) mass is 200 g/mol. The molecule has 5 heteroatoms. The zero-order valence-electron chi connectivity index (χ0n) is 8.32. The third kappa shape index (κ3) is 2.30. The second-order valence-corrected chi connectivity index (χ2v) is 3.75. The van der Waals surface area contributed by atoms with Gasteiger partial charge in [0.25, 0.3) is 0 Å². The Balaban J connectivity index is 2.71. The molecule has 0 spiro atoms. The summed E-state index contributed by atoms with van der Waals surface area (Å²) in [7, 11) is 2.04. The lowest BCUT2D eigenvalue weighted by Gasteiger charge is -2.24. The second kappa shape index (κ2) is 4.41. The first-order valence-electron chi connectivity index (χ1n) is 4.51. The molecular formula is C8H16N4S. The van der Waals surface area contributed by atoms with Crippen molar-refractivity contribution in [1.82, 2.24) is 9.36 Å². The lowest BCUT2D eigenvalue weighted by atomic mass is 10.1. The minimum atomic E-state index is 0.373. The van der Waals surface area contributed by atoms with Crippen LogP contribution in [0, 0.1) is 0 Å². The van der Waals surface area contributed by atoms with Crippen molar-refractivity contribution in [3.05, 3.63) is 0 Å². The highest BCUT2D eigenvalue weighted by molar-refractivity contribution is 7.09. The Bertz CT molecular complexity index is 256. The fraction of sp³-hybridized carbons (Fsp3) is 0.750. The van der Waals surface area contributed by atoms with Crippen LogP contribution in [0.5, 0.6) is 0 Å². The van der Waals surface area contributed by atoms with Gasteiger partial charge in [0.15, 0.2) is 0 Å². The Morgan fingerprint density at radius 3 is 2.46 bits per heavy atom. The highest BCUT2D eigenvalue weighted by Crippen LogP contribution is 2.21. The van der Waals surface area contributed by atoms with Crippen LogP contribution in [0.4, 0.5) is 11.1 Å². The summed E-state index contributed by atoms with van der Waals surface area (Å²) in [5.41, 5.74) is 5.46. The normalized spacial score (nSPS) is 10.8. The molecule has 0 radical (unpaired) electrons. The summed E-state index contributed by atoms with van der Waals surface area (Å²) in [6, 6.07) is 0.535. The van der Waals surface area contributed by atoms with Gasteiger partial charge < -0.3 is 10.6 Å². The third-order valence-corrected chi connectivity index (χ3v) is 3.04. The van der Waals surface area contributed by atoms with E-state index in [1.165, 1.54) is 11.5 Å². The number of nitrogens with two attached hydrogens (primary N) is 1. The molecule has 0 aliphatic heterocycles. The van der Waals surface area contributed by atoms with E-state index in [0.717, 1.165) is 18.0 Å². The van der Waals surface area contributed by atoms with Crippen molar-refractivity contribution in [2.45, 2.75) is 32.7 Å². The van der Waals surface area contributed by atoms with Gasteiger partial charge in [-0.25, -0.2) is 0 Å². The molecule has 0 aliphatic rings. The van der Waals surface area contributed by atoms with Crippen LogP contribution >= 0.6 is 11.5 Å². The first-order chi connectivity index (χ1) is 6.19. The zero-order chi connectivity index (χ0) is 9.84. The van der Waals surface area contributed by atoms with Gasteiger partial charge in [-0.3, -0.25) is 0 Å². The fourth-order valence-electron chi connectivity index (χ4n) is 1.36. The minimum Gasteiger partial charge on any atom is -0.367 e. The predicted molar refractivity (Wildman–Crippen MR) is 57.1 cm³/mol. The molecule has 4 nitrogen and oxygen atoms in total. The van der Waals surface area contributed by atoms with E-state index in [2.05, 4.69) is 28.1 Å². The molecule has 0 amide bonds. The Morgan fingerprint density at radius 1 is 1.46 bits per heavy atom.